The Morgan fingerprint density at radius 3 is 2.28 bits per heavy atom. The molecule has 0 bridgehead atoms. The first kappa shape index (κ1) is 25.9. The Bertz CT molecular complexity index is 576. The van der Waals surface area contributed by atoms with Crippen LogP contribution < -0.4 is 0 Å². The Kier molecular flexibility index (Phi) is 9.65. The van der Waals surface area contributed by atoms with Crippen LogP contribution in [0.4, 0.5) is 0 Å². The standard InChI is InChI=1S/C21H36O8/c1-6-21(5,27)11-14(10-13(2)8-7-9-20(3,4)26)28-19-18(25)17(24)16(23)15(12-22)29-19/h6-7,9-10,14-19,22-27H,1,8,11-12H2,2-5H3/b9-7+,13-10+/t14-,15-,16-,17+,18-,19-,21-/m1/s1. The van der Waals surface area contributed by atoms with Gasteiger partial charge in [-0.05, 0) is 34.1 Å². The van der Waals surface area contributed by atoms with E-state index in [1.165, 1.54) is 6.08 Å². The van der Waals surface area contributed by atoms with Crippen molar-refractivity contribution in [3.63, 3.8) is 0 Å². The van der Waals surface area contributed by atoms with Gasteiger partial charge in [-0.15, -0.1) is 6.58 Å². The molecular weight excluding hydrogens is 380 g/mol. The fourth-order valence-corrected chi connectivity index (χ4v) is 2.91. The van der Waals surface area contributed by atoms with Gasteiger partial charge in [0.25, 0.3) is 0 Å². The lowest BCUT2D eigenvalue weighted by molar-refractivity contribution is -0.309. The predicted molar refractivity (Wildman–Crippen MR) is 108 cm³/mol. The molecule has 0 amide bonds. The number of hydrogen-bond acceptors (Lipinski definition) is 8. The predicted octanol–water partition coefficient (Wildman–Crippen LogP) is 0.162. The zero-order valence-electron chi connectivity index (χ0n) is 17.6. The van der Waals surface area contributed by atoms with Crippen LogP contribution in [-0.2, 0) is 9.47 Å². The summed E-state index contributed by atoms with van der Waals surface area (Å²) in [7, 11) is 0. The SMILES string of the molecule is C=C[C@@](C)(O)C[C@@H](/C=C(\C)C/C=C/C(C)(C)O)O[C@@H]1O[C@H](CO)[C@@H](O)[C@H](O)[C@H]1O. The van der Waals surface area contributed by atoms with Crippen molar-refractivity contribution in [2.45, 2.75) is 88.5 Å². The van der Waals surface area contributed by atoms with Crippen molar-refractivity contribution in [3.05, 3.63) is 36.5 Å². The van der Waals surface area contributed by atoms with Crippen LogP contribution in [0.2, 0.25) is 0 Å². The van der Waals surface area contributed by atoms with Gasteiger partial charge in [-0.1, -0.05) is 29.9 Å². The van der Waals surface area contributed by atoms with E-state index in [1.54, 1.807) is 32.9 Å². The lowest BCUT2D eigenvalue weighted by Crippen LogP contribution is -2.59. The first-order valence-corrected chi connectivity index (χ1v) is 9.69. The summed E-state index contributed by atoms with van der Waals surface area (Å²) in [5.74, 6) is 0. The molecule has 168 valence electrons. The van der Waals surface area contributed by atoms with E-state index in [-0.39, 0.29) is 6.42 Å². The van der Waals surface area contributed by atoms with Gasteiger partial charge in [0.05, 0.1) is 23.9 Å². The van der Waals surface area contributed by atoms with Gasteiger partial charge in [-0.25, -0.2) is 0 Å². The molecule has 0 radical (unpaired) electrons. The molecule has 0 spiro atoms. The van der Waals surface area contributed by atoms with E-state index in [1.807, 2.05) is 13.0 Å². The molecule has 8 nitrogen and oxygen atoms in total. The molecule has 0 saturated carbocycles. The largest absolute Gasteiger partial charge is 0.394 e. The molecule has 0 aromatic heterocycles. The van der Waals surface area contributed by atoms with Crippen LogP contribution in [0.5, 0.6) is 0 Å². The highest BCUT2D eigenvalue weighted by atomic mass is 16.7. The molecule has 0 aliphatic carbocycles. The molecule has 0 aromatic rings. The van der Waals surface area contributed by atoms with Crippen molar-refractivity contribution in [2.24, 2.45) is 0 Å². The highest BCUT2D eigenvalue weighted by Gasteiger charge is 2.45. The Morgan fingerprint density at radius 1 is 1.14 bits per heavy atom. The van der Waals surface area contributed by atoms with Crippen LogP contribution in [0.25, 0.3) is 0 Å². The van der Waals surface area contributed by atoms with Crippen molar-refractivity contribution in [1.29, 1.82) is 0 Å². The minimum atomic E-state index is -1.55. The molecule has 6 N–H and O–H groups in total. The Hall–Kier alpha value is -1.10. The lowest BCUT2D eigenvalue weighted by Gasteiger charge is -2.41. The Balaban J connectivity index is 2.98. The molecular formula is C21H36O8. The average Bonchev–Trinajstić information content (AvgIpc) is 2.60. The minimum absolute atomic E-state index is 0.0953. The summed E-state index contributed by atoms with van der Waals surface area (Å²) in [6, 6.07) is 0. The summed E-state index contributed by atoms with van der Waals surface area (Å²) in [6.07, 6.45) is -0.478. The molecule has 8 heteroatoms. The molecule has 1 aliphatic rings. The number of hydrogen-bond donors (Lipinski definition) is 6. The Labute approximate surface area is 172 Å². The zero-order chi connectivity index (χ0) is 22.4. The summed E-state index contributed by atoms with van der Waals surface area (Å²) in [5.41, 5.74) is -1.32. The highest BCUT2D eigenvalue weighted by molar-refractivity contribution is 5.11. The summed E-state index contributed by atoms with van der Waals surface area (Å²) in [6.45, 7) is 9.77. The van der Waals surface area contributed by atoms with Crippen LogP contribution in [0, 0.1) is 0 Å². The van der Waals surface area contributed by atoms with E-state index in [2.05, 4.69) is 6.58 Å². The van der Waals surface area contributed by atoms with Crippen LogP contribution in [0.3, 0.4) is 0 Å². The summed E-state index contributed by atoms with van der Waals surface area (Å²) < 4.78 is 11.2. The van der Waals surface area contributed by atoms with Gasteiger partial charge in [0, 0.05) is 6.42 Å². The third kappa shape index (κ3) is 8.65. The maximum atomic E-state index is 10.4. The number of rotatable bonds is 10. The number of aliphatic hydroxyl groups excluding tert-OH is 4. The minimum Gasteiger partial charge on any atom is -0.394 e. The lowest BCUT2D eigenvalue weighted by atomic mass is 9.96. The topological polar surface area (TPSA) is 140 Å². The van der Waals surface area contributed by atoms with E-state index in [4.69, 9.17) is 9.47 Å². The quantitative estimate of drug-likeness (QED) is 0.277. The van der Waals surface area contributed by atoms with Crippen LogP contribution in [0.1, 0.15) is 40.5 Å². The molecule has 0 unspecified atom stereocenters. The van der Waals surface area contributed by atoms with Crippen LogP contribution in [0.15, 0.2) is 36.5 Å². The first-order valence-electron chi connectivity index (χ1n) is 9.69. The van der Waals surface area contributed by atoms with Gasteiger partial charge in [0.2, 0.25) is 0 Å². The van der Waals surface area contributed by atoms with Crippen LogP contribution >= 0.6 is 0 Å². The van der Waals surface area contributed by atoms with Gasteiger partial charge in [-0.2, -0.15) is 0 Å². The molecule has 1 rings (SSSR count). The second-order valence-corrected chi connectivity index (χ2v) is 8.41. The maximum absolute atomic E-state index is 10.4. The summed E-state index contributed by atoms with van der Waals surface area (Å²) in [4.78, 5) is 0. The van der Waals surface area contributed by atoms with Crippen LogP contribution in [-0.4, -0.2) is 85.3 Å². The summed E-state index contributed by atoms with van der Waals surface area (Å²) >= 11 is 0. The molecule has 29 heavy (non-hydrogen) atoms. The van der Waals surface area contributed by atoms with Gasteiger partial charge < -0.3 is 40.1 Å². The smallest absolute Gasteiger partial charge is 0.187 e. The Morgan fingerprint density at radius 2 is 1.76 bits per heavy atom. The van der Waals surface area contributed by atoms with Crippen molar-refractivity contribution < 1.29 is 40.1 Å². The summed E-state index contributed by atoms with van der Waals surface area (Å²) in [5, 5.41) is 59.5. The zero-order valence-corrected chi connectivity index (χ0v) is 17.6. The highest BCUT2D eigenvalue weighted by Crippen LogP contribution is 2.26. The second kappa shape index (κ2) is 10.8. The molecule has 1 heterocycles. The molecule has 0 aromatic carbocycles. The molecule has 1 fully saturated rings. The van der Waals surface area contributed by atoms with E-state index >= 15 is 0 Å². The maximum Gasteiger partial charge on any atom is 0.187 e. The van der Waals surface area contributed by atoms with E-state index in [9.17, 15) is 30.6 Å². The van der Waals surface area contributed by atoms with Crippen molar-refractivity contribution in [2.75, 3.05) is 6.61 Å². The van der Waals surface area contributed by atoms with E-state index in [0.29, 0.717) is 6.42 Å². The van der Waals surface area contributed by atoms with Gasteiger partial charge in [0.1, 0.15) is 24.4 Å². The van der Waals surface area contributed by atoms with E-state index < -0.39 is 54.6 Å². The van der Waals surface area contributed by atoms with Gasteiger partial charge in [-0.3, -0.25) is 0 Å². The average molecular weight is 417 g/mol. The van der Waals surface area contributed by atoms with Gasteiger partial charge >= 0.3 is 0 Å². The third-order valence-corrected chi connectivity index (χ3v) is 4.65. The normalized spacial score (nSPS) is 32.2. The molecule has 1 saturated heterocycles. The van der Waals surface area contributed by atoms with Gasteiger partial charge in [0.15, 0.2) is 6.29 Å². The van der Waals surface area contributed by atoms with E-state index in [0.717, 1.165) is 5.57 Å². The third-order valence-electron chi connectivity index (χ3n) is 4.65. The van der Waals surface area contributed by atoms with Crippen molar-refractivity contribution in [1.82, 2.24) is 0 Å². The number of aliphatic hydroxyl groups is 6. The van der Waals surface area contributed by atoms with Crippen molar-refractivity contribution >= 4 is 0 Å². The monoisotopic (exact) mass is 416 g/mol. The second-order valence-electron chi connectivity index (χ2n) is 8.41. The number of allylic oxidation sites excluding steroid dienone is 2. The van der Waals surface area contributed by atoms with Crippen molar-refractivity contribution in [3.8, 4) is 0 Å². The fraction of sp³-hybridized carbons (Fsp3) is 0.714. The fourth-order valence-electron chi connectivity index (χ4n) is 2.91. The molecule has 1 aliphatic heterocycles. The first-order chi connectivity index (χ1) is 13.3. The molecule has 7 atom stereocenters. The number of ether oxygens (including phenoxy) is 2.